The van der Waals surface area contributed by atoms with Gasteiger partial charge in [-0.15, -0.1) is 0 Å². The fraction of sp³-hybridized carbons (Fsp3) is 0.312. The van der Waals surface area contributed by atoms with Gasteiger partial charge in [-0.2, -0.15) is 5.10 Å². The molecule has 1 unspecified atom stereocenters. The number of nitrogens with zero attached hydrogens (tertiary/aromatic N) is 3. The molecule has 1 amide bonds. The van der Waals surface area contributed by atoms with Crippen molar-refractivity contribution < 1.29 is 14.7 Å². The van der Waals surface area contributed by atoms with E-state index in [4.69, 9.17) is 0 Å². The van der Waals surface area contributed by atoms with Crippen LogP contribution in [0.2, 0.25) is 0 Å². The molecular formula is C16H17N3O3. The summed E-state index contributed by atoms with van der Waals surface area (Å²) < 4.78 is 1.70. The van der Waals surface area contributed by atoms with Crippen LogP contribution >= 0.6 is 0 Å². The number of carbonyl (C=O) groups excluding carboxylic acids is 1. The maximum Gasteiger partial charge on any atom is 0.326 e. The monoisotopic (exact) mass is 299 g/mol. The Bertz CT molecular complexity index is 664. The van der Waals surface area contributed by atoms with Crippen molar-refractivity contribution >= 4 is 11.9 Å². The number of amides is 1. The van der Waals surface area contributed by atoms with Gasteiger partial charge >= 0.3 is 5.97 Å². The number of carboxylic acid groups (broad SMARTS) is 1. The normalized spacial score (nSPS) is 18.2. The van der Waals surface area contributed by atoms with E-state index in [2.05, 4.69) is 5.10 Å². The summed E-state index contributed by atoms with van der Waals surface area (Å²) in [6.45, 7) is 0.497. The van der Waals surface area contributed by atoms with Crippen molar-refractivity contribution in [3.8, 4) is 5.69 Å². The smallest absolute Gasteiger partial charge is 0.326 e. The van der Waals surface area contributed by atoms with E-state index in [9.17, 15) is 14.7 Å². The SMILES string of the molecule is O=C(O)C1CCCCN1C(=O)c1ccc(-n2cccn2)cc1. The molecule has 1 aliphatic rings. The maximum atomic E-state index is 12.6. The van der Waals surface area contributed by atoms with Crippen molar-refractivity contribution in [1.82, 2.24) is 14.7 Å². The average molecular weight is 299 g/mol. The predicted octanol–water partition coefficient (Wildman–Crippen LogP) is 1.95. The standard InChI is InChI=1S/C16H17N3O3/c20-15(18-10-2-1-4-14(18)16(21)22)12-5-7-13(8-6-12)19-11-3-9-17-19/h3,5-9,11,14H,1-2,4,10H2,(H,21,22). The lowest BCUT2D eigenvalue weighted by atomic mass is 10.0. The summed E-state index contributed by atoms with van der Waals surface area (Å²) in [6, 6.07) is 8.15. The van der Waals surface area contributed by atoms with E-state index in [1.54, 1.807) is 35.1 Å². The summed E-state index contributed by atoms with van der Waals surface area (Å²) in [4.78, 5) is 25.3. The number of piperidine rings is 1. The molecule has 1 fully saturated rings. The van der Waals surface area contributed by atoms with E-state index in [-0.39, 0.29) is 5.91 Å². The van der Waals surface area contributed by atoms with Crippen LogP contribution in [0.4, 0.5) is 0 Å². The van der Waals surface area contributed by atoms with E-state index < -0.39 is 12.0 Å². The van der Waals surface area contributed by atoms with Crippen LogP contribution in [0.25, 0.3) is 5.69 Å². The first-order valence-electron chi connectivity index (χ1n) is 7.30. The number of carboxylic acids is 1. The lowest BCUT2D eigenvalue weighted by molar-refractivity contribution is -0.143. The Kier molecular flexibility index (Phi) is 3.91. The van der Waals surface area contributed by atoms with Gasteiger partial charge in [-0.1, -0.05) is 0 Å². The van der Waals surface area contributed by atoms with Gasteiger partial charge in [0.1, 0.15) is 6.04 Å². The van der Waals surface area contributed by atoms with Crippen molar-refractivity contribution in [2.45, 2.75) is 25.3 Å². The van der Waals surface area contributed by atoms with Crippen molar-refractivity contribution in [3.63, 3.8) is 0 Å². The first-order valence-corrected chi connectivity index (χ1v) is 7.30. The molecule has 22 heavy (non-hydrogen) atoms. The number of benzene rings is 1. The number of aliphatic carboxylic acids is 1. The van der Waals surface area contributed by atoms with Crippen LogP contribution < -0.4 is 0 Å². The van der Waals surface area contributed by atoms with E-state index in [0.717, 1.165) is 18.5 Å². The number of hydrogen-bond donors (Lipinski definition) is 1. The van der Waals surface area contributed by atoms with Gasteiger partial charge in [0.15, 0.2) is 0 Å². The molecule has 0 bridgehead atoms. The molecule has 6 nitrogen and oxygen atoms in total. The van der Waals surface area contributed by atoms with Gasteiger partial charge in [0.05, 0.1) is 5.69 Å². The summed E-state index contributed by atoms with van der Waals surface area (Å²) in [5.41, 5.74) is 1.36. The van der Waals surface area contributed by atoms with Crippen LogP contribution in [0.5, 0.6) is 0 Å². The van der Waals surface area contributed by atoms with Crippen molar-refractivity contribution in [2.75, 3.05) is 6.54 Å². The van der Waals surface area contributed by atoms with Gasteiger partial charge in [-0.05, 0) is 49.6 Å². The fourth-order valence-electron chi connectivity index (χ4n) is 2.78. The summed E-state index contributed by atoms with van der Waals surface area (Å²) in [5.74, 6) is -1.15. The summed E-state index contributed by atoms with van der Waals surface area (Å²) in [5, 5.41) is 13.4. The Labute approximate surface area is 128 Å². The molecule has 1 aliphatic heterocycles. The molecule has 3 rings (SSSR count). The van der Waals surface area contributed by atoms with Crippen LogP contribution in [-0.2, 0) is 4.79 Å². The number of hydrogen-bond acceptors (Lipinski definition) is 3. The Hall–Kier alpha value is -2.63. The molecular weight excluding hydrogens is 282 g/mol. The molecule has 1 aromatic carbocycles. The Morgan fingerprint density at radius 3 is 2.59 bits per heavy atom. The summed E-state index contributed by atoms with van der Waals surface area (Å²) in [6.07, 6.45) is 5.72. The maximum absolute atomic E-state index is 12.6. The van der Waals surface area contributed by atoms with Crippen molar-refractivity contribution in [1.29, 1.82) is 0 Å². The quantitative estimate of drug-likeness (QED) is 0.940. The highest BCUT2D eigenvalue weighted by molar-refractivity contribution is 5.96. The van der Waals surface area contributed by atoms with Crippen LogP contribution in [0.3, 0.4) is 0 Å². The van der Waals surface area contributed by atoms with Gasteiger partial charge in [0, 0.05) is 24.5 Å². The zero-order valence-electron chi connectivity index (χ0n) is 12.1. The molecule has 6 heteroatoms. The average Bonchev–Trinajstić information content (AvgIpc) is 3.09. The fourth-order valence-corrected chi connectivity index (χ4v) is 2.78. The minimum Gasteiger partial charge on any atom is -0.480 e. The number of likely N-dealkylation sites (tertiary alicyclic amines) is 1. The molecule has 0 spiro atoms. The molecule has 0 aliphatic carbocycles. The minimum atomic E-state index is -0.929. The summed E-state index contributed by atoms with van der Waals surface area (Å²) in [7, 11) is 0. The highest BCUT2D eigenvalue weighted by Gasteiger charge is 2.32. The molecule has 1 N–H and O–H groups in total. The first kappa shape index (κ1) is 14.3. The molecule has 0 saturated carbocycles. The van der Waals surface area contributed by atoms with Gasteiger partial charge < -0.3 is 10.0 Å². The molecule has 0 radical (unpaired) electrons. The number of carbonyl (C=O) groups is 2. The van der Waals surface area contributed by atoms with Gasteiger partial charge in [-0.3, -0.25) is 4.79 Å². The highest BCUT2D eigenvalue weighted by Crippen LogP contribution is 2.20. The Morgan fingerprint density at radius 2 is 1.95 bits per heavy atom. The third kappa shape index (κ3) is 2.72. The Morgan fingerprint density at radius 1 is 1.18 bits per heavy atom. The topological polar surface area (TPSA) is 75.4 Å². The van der Waals surface area contributed by atoms with Crippen molar-refractivity contribution in [2.24, 2.45) is 0 Å². The third-order valence-corrected chi connectivity index (χ3v) is 3.93. The Balaban J connectivity index is 1.81. The highest BCUT2D eigenvalue weighted by atomic mass is 16.4. The van der Waals surface area contributed by atoms with E-state index in [1.807, 2.05) is 12.3 Å². The van der Waals surface area contributed by atoms with E-state index >= 15 is 0 Å². The second-order valence-corrected chi connectivity index (χ2v) is 5.35. The summed E-state index contributed by atoms with van der Waals surface area (Å²) >= 11 is 0. The van der Waals surface area contributed by atoms with Crippen LogP contribution in [0.1, 0.15) is 29.6 Å². The largest absolute Gasteiger partial charge is 0.480 e. The van der Waals surface area contributed by atoms with Gasteiger partial charge in [0.2, 0.25) is 0 Å². The van der Waals surface area contributed by atoms with Crippen LogP contribution in [0.15, 0.2) is 42.7 Å². The second-order valence-electron chi connectivity index (χ2n) is 5.35. The lowest BCUT2D eigenvalue weighted by Crippen LogP contribution is -2.47. The lowest BCUT2D eigenvalue weighted by Gasteiger charge is -2.33. The van der Waals surface area contributed by atoms with Crippen LogP contribution in [0, 0.1) is 0 Å². The van der Waals surface area contributed by atoms with E-state index in [0.29, 0.717) is 18.5 Å². The molecule has 1 atom stereocenters. The zero-order chi connectivity index (χ0) is 15.5. The molecule has 1 aromatic heterocycles. The molecule has 2 aromatic rings. The van der Waals surface area contributed by atoms with E-state index in [1.165, 1.54) is 4.90 Å². The zero-order valence-corrected chi connectivity index (χ0v) is 12.1. The predicted molar refractivity (Wildman–Crippen MR) is 79.9 cm³/mol. The van der Waals surface area contributed by atoms with Gasteiger partial charge in [0.25, 0.3) is 5.91 Å². The van der Waals surface area contributed by atoms with Gasteiger partial charge in [-0.25, -0.2) is 9.48 Å². The number of rotatable bonds is 3. The van der Waals surface area contributed by atoms with Crippen molar-refractivity contribution in [3.05, 3.63) is 48.3 Å². The second kappa shape index (κ2) is 6.01. The third-order valence-electron chi connectivity index (χ3n) is 3.93. The number of aromatic nitrogens is 2. The molecule has 114 valence electrons. The van der Waals surface area contributed by atoms with Crippen LogP contribution in [-0.4, -0.2) is 44.3 Å². The first-order chi connectivity index (χ1) is 10.7. The molecule has 1 saturated heterocycles. The minimum absolute atomic E-state index is 0.223. The molecule has 2 heterocycles.